The lowest BCUT2D eigenvalue weighted by molar-refractivity contribution is -0.118. The summed E-state index contributed by atoms with van der Waals surface area (Å²) in [6.45, 7) is -0.371. The first-order chi connectivity index (χ1) is 14.3. The Morgan fingerprint density at radius 1 is 0.933 bits per heavy atom. The fourth-order valence-corrected chi connectivity index (χ4v) is 3.85. The number of anilines is 2. The van der Waals surface area contributed by atoms with Crippen LogP contribution in [0.4, 0.5) is 15.8 Å². The van der Waals surface area contributed by atoms with E-state index in [1.54, 1.807) is 24.3 Å². The van der Waals surface area contributed by atoms with Crippen LogP contribution in [0.2, 0.25) is 10.0 Å². The van der Waals surface area contributed by atoms with Crippen molar-refractivity contribution in [3.63, 3.8) is 0 Å². The van der Waals surface area contributed by atoms with E-state index >= 15 is 0 Å². The molecule has 0 atom stereocenters. The van der Waals surface area contributed by atoms with Crippen molar-refractivity contribution in [1.82, 2.24) is 0 Å². The molecule has 0 spiro atoms. The molecule has 156 valence electrons. The molecule has 1 amide bonds. The molecule has 30 heavy (non-hydrogen) atoms. The van der Waals surface area contributed by atoms with Gasteiger partial charge in [0.15, 0.2) is 6.61 Å². The zero-order chi connectivity index (χ0) is 21.7. The van der Waals surface area contributed by atoms with Crippen LogP contribution in [-0.4, -0.2) is 20.9 Å². The van der Waals surface area contributed by atoms with E-state index in [4.69, 9.17) is 27.9 Å². The molecular weight excluding hydrogens is 454 g/mol. The Kier molecular flexibility index (Phi) is 6.81. The average molecular weight is 469 g/mol. The van der Waals surface area contributed by atoms with Gasteiger partial charge in [0.2, 0.25) is 0 Å². The number of carbonyl (C=O) groups excluding carboxylic acids is 1. The Bertz CT molecular complexity index is 1190. The number of carbonyl (C=O) groups is 1. The Hall–Kier alpha value is -2.81. The highest BCUT2D eigenvalue weighted by Gasteiger charge is 2.18. The number of hydrogen-bond donors (Lipinski definition) is 2. The van der Waals surface area contributed by atoms with Gasteiger partial charge in [0, 0.05) is 0 Å². The SMILES string of the molecule is O=C(COc1ccccc1Cl)Nc1cc(S(=O)(=O)Nc2ccccc2F)ccc1Cl. The van der Waals surface area contributed by atoms with Crippen LogP contribution in [0.25, 0.3) is 0 Å². The van der Waals surface area contributed by atoms with Crippen molar-refractivity contribution in [2.45, 2.75) is 4.90 Å². The summed E-state index contributed by atoms with van der Waals surface area (Å²) in [6.07, 6.45) is 0. The topological polar surface area (TPSA) is 84.5 Å². The summed E-state index contributed by atoms with van der Waals surface area (Å²) < 4.78 is 46.4. The molecule has 3 aromatic carbocycles. The van der Waals surface area contributed by atoms with Crippen LogP contribution in [0.5, 0.6) is 5.75 Å². The molecule has 0 aliphatic rings. The molecule has 0 aliphatic heterocycles. The summed E-state index contributed by atoms with van der Waals surface area (Å²) in [4.78, 5) is 12.0. The molecule has 0 saturated carbocycles. The smallest absolute Gasteiger partial charge is 0.262 e. The molecule has 6 nitrogen and oxygen atoms in total. The van der Waals surface area contributed by atoms with Crippen molar-refractivity contribution in [2.24, 2.45) is 0 Å². The van der Waals surface area contributed by atoms with Crippen LogP contribution >= 0.6 is 23.2 Å². The highest BCUT2D eigenvalue weighted by molar-refractivity contribution is 7.92. The Morgan fingerprint density at radius 2 is 1.63 bits per heavy atom. The van der Waals surface area contributed by atoms with E-state index in [2.05, 4.69) is 10.0 Å². The molecule has 3 rings (SSSR count). The van der Waals surface area contributed by atoms with E-state index < -0.39 is 21.7 Å². The van der Waals surface area contributed by atoms with Crippen LogP contribution in [0.1, 0.15) is 0 Å². The number of nitrogens with one attached hydrogen (secondary N) is 2. The maximum Gasteiger partial charge on any atom is 0.262 e. The van der Waals surface area contributed by atoms with Crippen molar-refractivity contribution in [3.05, 3.63) is 82.6 Å². The first-order valence-electron chi connectivity index (χ1n) is 8.50. The molecule has 3 aromatic rings. The Labute approximate surface area is 182 Å². The molecular formula is C20H15Cl2FN2O4S. The first kappa shape index (κ1) is 21.9. The van der Waals surface area contributed by atoms with Crippen molar-refractivity contribution >= 4 is 50.5 Å². The largest absolute Gasteiger partial charge is 0.482 e. The molecule has 0 radical (unpaired) electrons. The molecule has 0 saturated heterocycles. The van der Waals surface area contributed by atoms with Gasteiger partial charge < -0.3 is 10.1 Å². The van der Waals surface area contributed by atoms with Gasteiger partial charge in [-0.15, -0.1) is 0 Å². The predicted octanol–water partition coefficient (Wildman–Crippen LogP) is 4.95. The third-order valence-electron chi connectivity index (χ3n) is 3.84. The maximum absolute atomic E-state index is 13.8. The van der Waals surface area contributed by atoms with Gasteiger partial charge in [0.1, 0.15) is 11.6 Å². The van der Waals surface area contributed by atoms with Gasteiger partial charge in [0.05, 0.1) is 26.3 Å². The molecule has 0 fully saturated rings. The summed E-state index contributed by atoms with van der Waals surface area (Å²) in [5.74, 6) is -0.973. The number of hydrogen-bond acceptors (Lipinski definition) is 4. The van der Waals surface area contributed by atoms with E-state index in [0.717, 1.165) is 6.07 Å². The number of para-hydroxylation sites is 2. The summed E-state index contributed by atoms with van der Waals surface area (Å²) in [6, 6.07) is 15.7. The zero-order valence-electron chi connectivity index (χ0n) is 15.2. The quantitative estimate of drug-likeness (QED) is 0.513. The number of rotatable bonds is 7. The van der Waals surface area contributed by atoms with Gasteiger partial charge >= 0.3 is 0 Å². The summed E-state index contributed by atoms with van der Waals surface area (Å²) in [5, 5.41) is 2.94. The number of halogens is 3. The van der Waals surface area contributed by atoms with E-state index in [1.807, 2.05) is 0 Å². The normalized spacial score (nSPS) is 11.0. The van der Waals surface area contributed by atoms with Gasteiger partial charge in [-0.3, -0.25) is 9.52 Å². The van der Waals surface area contributed by atoms with Crippen LogP contribution < -0.4 is 14.8 Å². The predicted molar refractivity (Wildman–Crippen MR) is 114 cm³/mol. The lowest BCUT2D eigenvalue weighted by Crippen LogP contribution is -2.21. The van der Waals surface area contributed by atoms with Crippen LogP contribution in [0, 0.1) is 5.82 Å². The van der Waals surface area contributed by atoms with Gasteiger partial charge in [-0.05, 0) is 42.5 Å². The fraction of sp³-hybridized carbons (Fsp3) is 0.0500. The van der Waals surface area contributed by atoms with Crippen molar-refractivity contribution < 1.29 is 22.3 Å². The monoisotopic (exact) mass is 468 g/mol. The second kappa shape index (κ2) is 9.34. The minimum Gasteiger partial charge on any atom is -0.482 e. The minimum absolute atomic E-state index is 0.0563. The van der Waals surface area contributed by atoms with Crippen LogP contribution in [-0.2, 0) is 14.8 Å². The fourth-order valence-electron chi connectivity index (χ4n) is 2.41. The van der Waals surface area contributed by atoms with Gasteiger partial charge in [-0.2, -0.15) is 0 Å². The summed E-state index contributed by atoms with van der Waals surface area (Å²) in [7, 11) is -4.12. The molecule has 0 unspecified atom stereocenters. The lowest BCUT2D eigenvalue weighted by Gasteiger charge is -2.12. The van der Waals surface area contributed by atoms with Crippen LogP contribution in [0.15, 0.2) is 71.6 Å². The molecule has 0 aliphatic carbocycles. The molecule has 0 bridgehead atoms. The van der Waals surface area contributed by atoms with Gasteiger partial charge in [-0.1, -0.05) is 47.5 Å². The third-order valence-corrected chi connectivity index (χ3v) is 5.84. The molecule has 2 N–H and O–H groups in total. The second-order valence-electron chi connectivity index (χ2n) is 5.99. The second-order valence-corrected chi connectivity index (χ2v) is 8.49. The Morgan fingerprint density at radius 3 is 2.37 bits per heavy atom. The van der Waals surface area contributed by atoms with Gasteiger partial charge in [0.25, 0.3) is 15.9 Å². The molecule has 10 heteroatoms. The van der Waals surface area contributed by atoms with E-state index in [0.29, 0.717) is 10.8 Å². The maximum atomic E-state index is 13.8. The zero-order valence-corrected chi connectivity index (χ0v) is 17.6. The van der Waals surface area contributed by atoms with Crippen LogP contribution in [0.3, 0.4) is 0 Å². The molecule has 0 aromatic heterocycles. The Balaban J connectivity index is 1.74. The number of benzene rings is 3. The first-order valence-corrected chi connectivity index (χ1v) is 10.7. The lowest BCUT2D eigenvalue weighted by atomic mass is 10.3. The van der Waals surface area contributed by atoms with E-state index in [9.17, 15) is 17.6 Å². The van der Waals surface area contributed by atoms with Gasteiger partial charge in [-0.25, -0.2) is 12.8 Å². The average Bonchev–Trinajstić information content (AvgIpc) is 2.70. The standard InChI is InChI=1S/C20H15Cl2FN2O4S/c21-14-10-9-13(30(27,28)25-17-7-3-2-6-16(17)23)11-18(14)24-20(26)12-29-19-8-4-1-5-15(19)22/h1-11,25H,12H2,(H,24,26). The highest BCUT2D eigenvalue weighted by Crippen LogP contribution is 2.27. The number of amides is 1. The van der Waals surface area contributed by atoms with Crippen molar-refractivity contribution in [2.75, 3.05) is 16.6 Å². The van der Waals surface area contributed by atoms with E-state index in [1.165, 1.54) is 36.4 Å². The minimum atomic E-state index is -4.12. The van der Waals surface area contributed by atoms with E-state index in [-0.39, 0.29) is 27.9 Å². The third kappa shape index (κ3) is 5.41. The number of sulfonamides is 1. The summed E-state index contributed by atoms with van der Waals surface area (Å²) in [5.41, 5.74) is -0.146. The summed E-state index contributed by atoms with van der Waals surface area (Å²) >= 11 is 12.0. The molecule has 0 heterocycles. The van der Waals surface area contributed by atoms with Crippen molar-refractivity contribution in [1.29, 1.82) is 0 Å². The highest BCUT2D eigenvalue weighted by atomic mass is 35.5. The number of ether oxygens (including phenoxy) is 1. The van der Waals surface area contributed by atoms with Crippen molar-refractivity contribution in [3.8, 4) is 5.75 Å².